The number of rotatable bonds is 4. The number of nitrogens with zero attached hydrogens (tertiary/aromatic N) is 2. The van der Waals surface area contributed by atoms with Crippen LogP contribution < -0.4 is 0 Å². The maximum absolute atomic E-state index is 11.7. The first kappa shape index (κ1) is 15.3. The summed E-state index contributed by atoms with van der Waals surface area (Å²) in [5.74, 6) is -1.41. The molecule has 0 aliphatic rings. The maximum Gasteiger partial charge on any atom is 0.381 e. The van der Waals surface area contributed by atoms with E-state index in [0.717, 1.165) is 0 Å². The van der Waals surface area contributed by atoms with Crippen molar-refractivity contribution in [3.63, 3.8) is 0 Å². The van der Waals surface area contributed by atoms with Crippen LogP contribution in [0.15, 0.2) is 5.11 Å². The van der Waals surface area contributed by atoms with Crippen LogP contribution in [-0.2, 0) is 19.1 Å². The van der Waals surface area contributed by atoms with E-state index in [0.29, 0.717) is 0 Å². The second-order valence-electron chi connectivity index (χ2n) is 4.47. The molecule has 0 atom stereocenters. The van der Waals surface area contributed by atoms with Crippen molar-refractivity contribution in [1.29, 1.82) is 0 Å². The molecule has 0 aliphatic heterocycles. The van der Waals surface area contributed by atoms with E-state index in [1.54, 1.807) is 0 Å². The summed E-state index contributed by atoms with van der Waals surface area (Å²) in [7, 11) is 2.36. The molecule has 0 heterocycles. The molecule has 0 aromatic heterocycles. The molecule has 0 saturated heterocycles. The lowest BCUT2D eigenvalue weighted by atomic mass is 10.1. The monoisotopic (exact) mass is 246 g/mol. The van der Waals surface area contributed by atoms with Crippen LogP contribution in [-0.4, -0.2) is 42.1 Å². The third-order valence-electron chi connectivity index (χ3n) is 2.19. The molecule has 7 heteroatoms. The van der Waals surface area contributed by atoms with Gasteiger partial charge in [-0.25, -0.2) is 9.59 Å². The van der Waals surface area contributed by atoms with Crippen molar-refractivity contribution in [1.82, 2.24) is 0 Å². The molecule has 0 amide bonds. The molecule has 0 N–H and O–H groups in total. The van der Waals surface area contributed by atoms with Crippen LogP contribution in [0.3, 0.4) is 0 Å². The van der Waals surface area contributed by atoms with Crippen LogP contribution in [0.5, 0.6) is 0 Å². The van der Waals surface area contributed by atoms with Gasteiger partial charge in [0.25, 0.3) is 5.54 Å². The van der Waals surface area contributed by atoms with Gasteiger partial charge in [-0.1, -0.05) is 4.86 Å². The molecule has 0 aromatic carbocycles. The van der Waals surface area contributed by atoms with Gasteiger partial charge in [-0.3, -0.25) is 0 Å². The van der Waals surface area contributed by atoms with Crippen LogP contribution in [0, 0.1) is 5.21 Å². The number of methoxy groups -OCH3 is 2. The van der Waals surface area contributed by atoms with Crippen LogP contribution >= 0.6 is 0 Å². The molecule has 17 heavy (non-hydrogen) atoms. The number of hydrogen-bond donors (Lipinski definition) is 0. The lowest BCUT2D eigenvalue weighted by molar-refractivity contribution is -0.594. The van der Waals surface area contributed by atoms with Crippen molar-refractivity contribution in [2.75, 3.05) is 14.2 Å². The van der Waals surface area contributed by atoms with E-state index in [-0.39, 0.29) is 4.86 Å². The molecular formula is C10H18N2O5. The van der Waals surface area contributed by atoms with Gasteiger partial charge < -0.3 is 14.7 Å². The van der Waals surface area contributed by atoms with Crippen LogP contribution in [0.4, 0.5) is 0 Å². The highest BCUT2D eigenvalue weighted by Gasteiger charge is 2.42. The average Bonchev–Trinajstić information content (AvgIpc) is 2.25. The fourth-order valence-electron chi connectivity index (χ4n) is 0.971. The van der Waals surface area contributed by atoms with Gasteiger partial charge >= 0.3 is 11.9 Å². The molecular weight excluding hydrogens is 228 g/mol. The standard InChI is InChI=1S/C10H18N2O5/c1-9(2,7(13)16-5)11-12(15)10(3,4)8(14)17-6/h1-6H3. The normalized spacial score (nSPS) is 13.2. The lowest BCUT2D eigenvalue weighted by Crippen LogP contribution is -2.44. The minimum Gasteiger partial charge on any atom is -0.599 e. The van der Waals surface area contributed by atoms with E-state index >= 15 is 0 Å². The average molecular weight is 246 g/mol. The first-order valence-corrected chi connectivity index (χ1v) is 4.96. The Balaban J connectivity index is 5.23. The summed E-state index contributed by atoms with van der Waals surface area (Å²) in [5.41, 5.74) is -2.86. The van der Waals surface area contributed by atoms with E-state index < -0.39 is 23.0 Å². The highest BCUT2D eigenvalue weighted by Crippen LogP contribution is 2.17. The summed E-state index contributed by atoms with van der Waals surface area (Å²) in [6.45, 7) is 5.53. The molecule has 0 fully saturated rings. The molecule has 0 aromatic rings. The molecule has 98 valence electrons. The van der Waals surface area contributed by atoms with Gasteiger partial charge in [0, 0.05) is 13.8 Å². The smallest absolute Gasteiger partial charge is 0.381 e. The first-order chi connectivity index (χ1) is 7.59. The Morgan fingerprint density at radius 2 is 1.47 bits per heavy atom. The van der Waals surface area contributed by atoms with E-state index in [1.807, 2.05) is 0 Å². The Bertz CT molecular complexity index is 347. The predicted octanol–water partition coefficient (Wildman–Crippen LogP) is 0.852. The second-order valence-corrected chi connectivity index (χ2v) is 4.47. The zero-order chi connectivity index (χ0) is 13.9. The Kier molecular flexibility index (Phi) is 4.61. The van der Waals surface area contributed by atoms with Crippen LogP contribution in [0.25, 0.3) is 0 Å². The van der Waals surface area contributed by atoms with Crippen LogP contribution in [0.1, 0.15) is 27.7 Å². The minimum atomic E-state index is -1.50. The number of azo groups is 1. The highest BCUT2D eigenvalue weighted by atomic mass is 16.5. The SMILES string of the molecule is COC(=O)C(C)(C)N=[N+]([O-])C(C)(C)C(=O)OC. The Morgan fingerprint density at radius 3 is 1.82 bits per heavy atom. The van der Waals surface area contributed by atoms with Crippen molar-refractivity contribution in [2.45, 2.75) is 38.8 Å². The quantitative estimate of drug-likeness (QED) is 0.317. The van der Waals surface area contributed by atoms with Gasteiger partial charge in [-0.2, -0.15) is 0 Å². The fraction of sp³-hybridized carbons (Fsp3) is 0.800. The Morgan fingerprint density at radius 1 is 1.06 bits per heavy atom. The number of hydroxylamine groups is 1. The topological polar surface area (TPSA) is 91.0 Å². The maximum atomic E-state index is 11.7. The number of ether oxygens (including phenoxy) is 2. The molecule has 0 bridgehead atoms. The molecule has 0 spiro atoms. The first-order valence-electron chi connectivity index (χ1n) is 4.96. The summed E-state index contributed by atoms with van der Waals surface area (Å²) in [6, 6.07) is 0. The third-order valence-corrected chi connectivity index (χ3v) is 2.19. The Labute approximate surface area is 100.0 Å². The highest BCUT2D eigenvalue weighted by molar-refractivity contribution is 5.80. The van der Waals surface area contributed by atoms with Gasteiger partial charge in [0.1, 0.15) is 0 Å². The molecule has 0 radical (unpaired) electrons. The van der Waals surface area contributed by atoms with Gasteiger partial charge in [0.15, 0.2) is 0 Å². The number of carbonyl (C=O) groups is 2. The summed E-state index contributed by atoms with van der Waals surface area (Å²) in [4.78, 5) is 22.9. The van der Waals surface area contributed by atoms with E-state index in [9.17, 15) is 14.8 Å². The van der Waals surface area contributed by atoms with Gasteiger partial charge in [-0.15, -0.1) is 0 Å². The minimum absolute atomic E-state index is 0.162. The predicted molar refractivity (Wildman–Crippen MR) is 58.2 cm³/mol. The Hall–Kier alpha value is -1.66. The van der Waals surface area contributed by atoms with E-state index in [4.69, 9.17) is 0 Å². The summed E-state index contributed by atoms with van der Waals surface area (Å²) < 4.78 is 8.98. The van der Waals surface area contributed by atoms with Gasteiger partial charge in [0.2, 0.25) is 5.54 Å². The summed E-state index contributed by atoms with van der Waals surface area (Å²) in [6.07, 6.45) is 0. The van der Waals surface area contributed by atoms with Crippen molar-refractivity contribution < 1.29 is 23.9 Å². The third kappa shape index (κ3) is 3.40. The fourth-order valence-corrected chi connectivity index (χ4v) is 0.971. The number of carbonyl (C=O) groups excluding carboxylic acids is 2. The van der Waals surface area contributed by atoms with Crippen molar-refractivity contribution >= 4 is 11.9 Å². The van der Waals surface area contributed by atoms with E-state index in [2.05, 4.69) is 14.6 Å². The number of esters is 2. The summed E-state index contributed by atoms with van der Waals surface area (Å²) in [5, 5.41) is 15.4. The second kappa shape index (κ2) is 5.11. The van der Waals surface area contributed by atoms with Crippen molar-refractivity contribution in [3.8, 4) is 0 Å². The number of hydrogen-bond acceptors (Lipinski definition) is 6. The molecule has 0 unspecified atom stereocenters. The molecule has 0 saturated carbocycles. The molecule has 0 aliphatic carbocycles. The van der Waals surface area contributed by atoms with Crippen LogP contribution in [0.2, 0.25) is 0 Å². The van der Waals surface area contributed by atoms with Gasteiger partial charge in [-0.05, 0) is 19.0 Å². The van der Waals surface area contributed by atoms with Crippen molar-refractivity contribution in [2.24, 2.45) is 5.11 Å². The van der Waals surface area contributed by atoms with Crippen molar-refractivity contribution in [3.05, 3.63) is 5.21 Å². The van der Waals surface area contributed by atoms with Gasteiger partial charge in [0.05, 0.1) is 14.2 Å². The lowest BCUT2D eigenvalue weighted by Gasteiger charge is -2.21. The summed E-state index contributed by atoms with van der Waals surface area (Å²) >= 11 is 0. The molecule has 7 nitrogen and oxygen atoms in total. The molecule has 0 rings (SSSR count). The largest absolute Gasteiger partial charge is 0.599 e. The zero-order valence-electron chi connectivity index (χ0n) is 10.9. The van der Waals surface area contributed by atoms with E-state index in [1.165, 1.54) is 41.9 Å². The zero-order valence-corrected chi connectivity index (χ0v) is 10.9.